The van der Waals surface area contributed by atoms with Gasteiger partial charge in [-0.25, -0.2) is 9.07 Å². The van der Waals surface area contributed by atoms with Crippen molar-refractivity contribution in [3.63, 3.8) is 0 Å². The molecule has 29 heavy (non-hydrogen) atoms. The zero-order chi connectivity index (χ0) is 20.2. The van der Waals surface area contributed by atoms with Crippen molar-refractivity contribution in [2.45, 2.75) is 0 Å². The van der Waals surface area contributed by atoms with Gasteiger partial charge < -0.3 is 10.1 Å². The highest BCUT2D eigenvalue weighted by molar-refractivity contribution is 6.04. The van der Waals surface area contributed by atoms with Crippen molar-refractivity contribution in [1.29, 1.82) is 0 Å². The van der Waals surface area contributed by atoms with Crippen LogP contribution in [0.3, 0.4) is 0 Å². The average molecular weight is 387 g/mol. The van der Waals surface area contributed by atoms with Crippen LogP contribution in [0.5, 0.6) is 5.75 Å². The van der Waals surface area contributed by atoms with Gasteiger partial charge in [-0.3, -0.25) is 4.79 Å². The van der Waals surface area contributed by atoms with Crippen molar-refractivity contribution < 1.29 is 13.9 Å². The van der Waals surface area contributed by atoms with Gasteiger partial charge in [-0.15, -0.1) is 0 Å². The van der Waals surface area contributed by atoms with Crippen LogP contribution in [0.15, 0.2) is 84.9 Å². The molecule has 144 valence electrons. The number of hydrogen-bond donors (Lipinski definition) is 1. The molecule has 0 aliphatic carbocycles. The maximum Gasteiger partial charge on any atom is 0.274 e. The molecule has 0 aliphatic heterocycles. The Kier molecular flexibility index (Phi) is 5.07. The van der Waals surface area contributed by atoms with Crippen molar-refractivity contribution in [2.24, 2.45) is 0 Å². The number of nitrogens with zero attached hydrogens (tertiary/aromatic N) is 2. The summed E-state index contributed by atoms with van der Waals surface area (Å²) in [6.45, 7) is 0. The third kappa shape index (κ3) is 4.01. The number of halogens is 1. The molecule has 5 nitrogen and oxygen atoms in total. The van der Waals surface area contributed by atoms with Gasteiger partial charge in [0.2, 0.25) is 0 Å². The molecule has 4 rings (SSSR count). The van der Waals surface area contributed by atoms with E-state index in [-0.39, 0.29) is 11.7 Å². The minimum atomic E-state index is -0.362. The monoisotopic (exact) mass is 387 g/mol. The third-order valence-electron chi connectivity index (χ3n) is 4.43. The smallest absolute Gasteiger partial charge is 0.274 e. The molecule has 1 aromatic heterocycles. The lowest BCUT2D eigenvalue weighted by Gasteiger charge is -2.08. The van der Waals surface area contributed by atoms with Gasteiger partial charge in [-0.1, -0.05) is 18.2 Å². The number of anilines is 1. The van der Waals surface area contributed by atoms with Crippen LogP contribution in [-0.4, -0.2) is 22.8 Å². The van der Waals surface area contributed by atoms with Crippen molar-refractivity contribution in [3.05, 3.63) is 96.4 Å². The van der Waals surface area contributed by atoms with Crippen LogP contribution in [0, 0.1) is 5.82 Å². The second-order valence-electron chi connectivity index (χ2n) is 6.35. The van der Waals surface area contributed by atoms with E-state index in [2.05, 4.69) is 10.4 Å². The number of nitrogens with one attached hydrogen (secondary N) is 1. The largest absolute Gasteiger partial charge is 0.497 e. The molecule has 0 bridgehead atoms. The molecule has 0 aliphatic rings. The first-order chi connectivity index (χ1) is 14.1. The third-order valence-corrected chi connectivity index (χ3v) is 4.43. The summed E-state index contributed by atoms with van der Waals surface area (Å²) in [6.07, 6.45) is 0. The van der Waals surface area contributed by atoms with Gasteiger partial charge in [-0.05, 0) is 66.7 Å². The standard InChI is InChI=1S/C23H18FN3O2/c1-29-20-13-7-16(8-14-20)21-15-22(27(26-21)19-5-3-2-4-6-19)23(28)25-18-11-9-17(24)10-12-18/h2-15H,1H3,(H,25,28). The highest BCUT2D eigenvalue weighted by Gasteiger charge is 2.18. The fraction of sp³-hybridized carbons (Fsp3) is 0.0435. The first-order valence-corrected chi connectivity index (χ1v) is 9.01. The highest BCUT2D eigenvalue weighted by atomic mass is 19.1. The van der Waals surface area contributed by atoms with E-state index in [9.17, 15) is 9.18 Å². The Balaban J connectivity index is 1.73. The fourth-order valence-corrected chi connectivity index (χ4v) is 2.94. The average Bonchev–Trinajstić information content (AvgIpc) is 3.22. The second-order valence-corrected chi connectivity index (χ2v) is 6.35. The number of methoxy groups -OCH3 is 1. The number of carbonyl (C=O) groups excluding carboxylic acids is 1. The number of amides is 1. The van der Waals surface area contributed by atoms with Crippen molar-refractivity contribution in [3.8, 4) is 22.7 Å². The summed E-state index contributed by atoms with van der Waals surface area (Å²) >= 11 is 0. The number of aromatic nitrogens is 2. The number of carbonyl (C=O) groups is 1. The van der Waals surface area contributed by atoms with E-state index >= 15 is 0 Å². The molecule has 0 fully saturated rings. The van der Waals surface area contributed by atoms with Crippen LogP contribution in [-0.2, 0) is 0 Å². The van der Waals surface area contributed by atoms with Crippen LogP contribution >= 0.6 is 0 Å². The SMILES string of the molecule is COc1ccc(-c2cc(C(=O)Nc3ccc(F)cc3)n(-c3ccccc3)n2)cc1. The zero-order valence-electron chi connectivity index (χ0n) is 15.7. The Hall–Kier alpha value is -3.93. The first-order valence-electron chi connectivity index (χ1n) is 9.01. The number of rotatable bonds is 5. The molecule has 0 spiro atoms. The summed E-state index contributed by atoms with van der Waals surface area (Å²) in [5, 5.41) is 7.43. The van der Waals surface area contributed by atoms with Gasteiger partial charge in [0.1, 0.15) is 17.3 Å². The number of para-hydroxylation sites is 1. The predicted molar refractivity (Wildman–Crippen MR) is 110 cm³/mol. The quantitative estimate of drug-likeness (QED) is 0.528. The Morgan fingerprint density at radius 2 is 1.66 bits per heavy atom. The number of ether oxygens (including phenoxy) is 1. The van der Waals surface area contributed by atoms with E-state index in [1.165, 1.54) is 24.3 Å². The number of hydrogen-bond acceptors (Lipinski definition) is 3. The normalized spacial score (nSPS) is 10.6. The zero-order valence-corrected chi connectivity index (χ0v) is 15.7. The van der Waals surface area contributed by atoms with Gasteiger partial charge in [0.15, 0.2) is 0 Å². The van der Waals surface area contributed by atoms with Gasteiger partial charge in [0, 0.05) is 11.3 Å². The van der Waals surface area contributed by atoms with Crippen molar-refractivity contribution >= 4 is 11.6 Å². The lowest BCUT2D eigenvalue weighted by atomic mass is 10.1. The Morgan fingerprint density at radius 1 is 0.966 bits per heavy atom. The molecule has 0 saturated carbocycles. The minimum absolute atomic E-state index is 0.340. The molecule has 0 saturated heterocycles. The van der Waals surface area contributed by atoms with Gasteiger partial charge in [-0.2, -0.15) is 5.10 Å². The predicted octanol–water partition coefficient (Wildman–Crippen LogP) is 4.94. The summed E-state index contributed by atoms with van der Waals surface area (Å²) in [5.41, 5.74) is 3.14. The van der Waals surface area contributed by atoms with Gasteiger partial charge >= 0.3 is 0 Å². The summed E-state index contributed by atoms with van der Waals surface area (Å²) in [7, 11) is 1.61. The van der Waals surface area contributed by atoms with E-state index in [1.807, 2.05) is 54.6 Å². The number of benzene rings is 3. The minimum Gasteiger partial charge on any atom is -0.497 e. The summed E-state index contributed by atoms with van der Waals surface area (Å²) < 4.78 is 19.9. The van der Waals surface area contributed by atoms with E-state index in [1.54, 1.807) is 17.9 Å². The van der Waals surface area contributed by atoms with Crippen LogP contribution in [0.25, 0.3) is 16.9 Å². The molecular weight excluding hydrogens is 369 g/mol. The summed E-state index contributed by atoms with van der Waals surface area (Å²) in [4.78, 5) is 13.0. The van der Waals surface area contributed by atoms with Crippen LogP contribution in [0.2, 0.25) is 0 Å². The molecule has 1 N–H and O–H groups in total. The summed E-state index contributed by atoms with van der Waals surface area (Å²) in [5.74, 6) is 0.0392. The molecule has 1 heterocycles. The molecule has 0 unspecified atom stereocenters. The lowest BCUT2D eigenvalue weighted by molar-refractivity contribution is 0.101. The molecular formula is C23H18FN3O2. The molecule has 0 radical (unpaired) electrons. The lowest BCUT2D eigenvalue weighted by Crippen LogP contribution is -2.16. The van der Waals surface area contributed by atoms with Crippen LogP contribution in [0.1, 0.15) is 10.5 Å². The van der Waals surface area contributed by atoms with E-state index in [0.717, 1.165) is 17.0 Å². The molecule has 3 aromatic carbocycles. The Labute approximate surface area is 167 Å². The molecule has 1 amide bonds. The molecule has 4 aromatic rings. The van der Waals surface area contributed by atoms with Crippen LogP contribution < -0.4 is 10.1 Å². The van der Waals surface area contributed by atoms with Crippen molar-refractivity contribution in [1.82, 2.24) is 9.78 Å². The summed E-state index contributed by atoms with van der Waals surface area (Å²) in [6, 6.07) is 24.2. The maximum atomic E-state index is 13.1. The Bertz CT molecular complexity index is 1120. The van der Waals surface area contributed by atoms with Gasteiger partial charge in [0.05, 0.1) is 18.5 Å². The highest BCUT2D eigenvalue weighted by Crippen LogP contribution is 2.24. The fourth-order valence-electron chi connectivity index (χ4n) is 2.94. The van der Waals surface area contributed by atoms with E-state index in [4.69, 9.17) is 4.74 Å². The van der Waals surface area contributed by atoms with E-state index < -0.39 is 0 Å². The van der Waals surface area contributed by atoms with E-state index in [0.29, 0.717) is 17.1 Å². The topological polar surface area (TPSA) is 56.1 Å². The van der Waals surface area contributed by atoms with Crippen LogP contribution in [0.4, 0.5) is 10.1 Å². The molecule has 6 heteroatoms. The van der Waals surface area contributed by atoms with Crippen molar-refractivity contribution in [2.75, 3.05) is 12.4 Å². The maximum absolute atomic E-state index is 13.1. The second kappa shape index (κ2) is 7.98. The Morgan fingerprint density at radius 3 is 2.31 bits per heavy atom. The first kappa shape index (κ1) is 18.4. The molecule has 0 atom stereocenters. The van der Waals surface area contributed by atoms with Gasteiger partial charge in [0.25, 0.3) is 5.91 Å².